The van der Waals surface area contributed by atoms with Crippen molar-refractivity contribution in [3.05, 3.63) is 54.1 Å². The van der Waals surface area contributed by atoms with Gasteiger partial charge < -0.3 is 15.8 Å². The van der Waals surface area contributed by atoms with Crippen LogP contribution < -0.4 is 15.8 Å². The number of thioether (sulfide) groups is 1. The number of nitrogens with two attached hydrogens (primary N) is 1. The number of primary amides is 1. The topological polar surface area (TPSA) is 112 Å². The van der Waals surface area contributed by atoms with Crippen LogP contribution in [-0.2, 0) is 4.79 Å². The fourth-order valence-corrected chi connectivity index (χ4v) is 3.69. The third-order valence-corrected chi connectivity index (χ3v) is 5.26. The van der Waals surface area contributed by atoms with E-state index in [0.717, 1.165) is 17.1 Å². The summed E-state index contributed by atoms with van der Waals surface area (Å²) in [5.41, 5.74) is 7.12. The summed E-state index contributed by atoms with van der Waals surface area (Å²) >= 11 is 1.31. The Kier molecular flexibility index (Phi) is 6.73. The third-order valence-electron chi connectivity index (χ3n) is 4.31. The van der Waals surface area contributed by atoms with E-state index in [-0.39, 0.29) is 17.7 Å². The zero-order valence-corrected chi connectivity index (χ0v) is 17.8. The van der Waals surface area contributed by atoms with Gasteiger partial charge in [-0.3, -0.25) is 14.2 Å². The van der Waals surface area contributed by atoms with Gasteiger partial charge in [0.25, 0.3) is 0 Å². The molecule has 30 heavy (non-hydrogen) atoms. The summed E-state index contributed by atoms with van der Waals surface area (Å²) in [5.74, 6) is 0.979. The van der Waals surface area contributed by atoms with Gasteiger partial charge in [0.1, 0.15) is 5.75 Å². The second kappa shape index (κ2) is 9.45. The number of hydrogen-bond acceptors (Lipinski definition) is 6. The lowest BCUT2D eigenvalue weighted by Crippen LogP contribution is -2.15. The number of rotatable bonds is 8. The van der Waals surface area contributed by atoms with Gasteiger partial charge in [-0.15, -0.1) is 10.2 Å². The lowest BCUT2D eigenvalue weighted by Gasteiger charge is -2.14. The van der Waals surface area contributed by atoms with Gasteiger partial charge in [0.05, 0.1) is 12.9 Å². The SMILES string of the molecule is COc1ccc(-c2nnc(SCC(=O)Nc3ccc(C(N)=O)cc3)n2C(C)C)cc1. The molecule has 8 nitrogen and oxygen atoms in total. The normalized spacial score (nSPS) is 10.8. The number of carbonyl (C=O) groups is 2. The molecule has 156 valence electrons. The first kappa shape index (κ1) is 21.4. The average molecular weight is 426 g/mol. The molecule has 0 spiro atoms. The van der Waals surface area contributed by atoms with Crippen LogP contribution in [0.1, 0.15) is 30.2 Å². The Morgan fingerprint density at radius 1 is 1.10 bits per heavy atom. The Labute approximate surface area is 178 Å². The predicted octanol–water partition coefficient (Wildman–Crippen LogP) is 3.36. The molecule has 0 fully saturated rings. The third kappa shape index (κ3) is 4.98. The van der Waals surface area contributed by atoms with E-state index >= 15 is 0 Å². The van der Waals surface area contributed by atoms with Gasteiger partial charge >= 0.3 is 0 Å². The van der Waals surface area contributed by atoms with Crippen molar-refractivity contribution in [2.45, 2.75) is 25.0 Å². The largest absolute Gasteiger partial charge is 0.497 e. The highest BCUT2D eigenvalue weighted by atomic mass is 32.2. The van der Waals surface area contributed by atoms with E-state index in [1.165, 1.54) is 11.8 Å². The van der Waals surface area contributed by atoms with E-state index < -0.39 is 5.91 Å². The Morgan fingerprint density at radius 3 is 2.33 bits per heavy atom. The van der Waals surface area contributed by atoms with E-state index in [1.807, 2.05) is 42.7 Å². The van der Waals surface area contributed by atoms with Crippen LogP contribution in [0.5, 0.6) is 5.75 Å². The maximum absolute atomic E-state index is 12.3. The number of carbonyl (C=O) groups excluding carboxylic acids is 2. The summed E-state index contributed by atoms with van der Waals surface area (Å²) in [5, 5.41) is 12.1. The van der Waals surface area contributed by atoms with Crippen LogP contribution in [-0.4, -0.2) is 39.4 Å². The van der Waals surface area contributed by atoms with Crippen LogP contribution >= 0.6 is 11.8 Å². The maximum atomic E-state index is 12.3. The van der Waals surface area contributed by atoms with Crippen LogP contribution in [0, 0.1) is 0 Å². The van der Waals surface area contributed by atoms with Gasteiger partial charge in [0, 0.05) is 22.9 Å². The molecular formula is C21H23N5O3S. The molecule has 0 aliphatic carbocycles. The molecule has 2 amide bonds. The number of methoxy groups -OCH3 is 1. The number of nitrogens with one attached hydrogen (secondary N) is 1. The highest BCUT2D eigenvalue weighted by Gasteiger charge is 2.18. The van der Waals surface area contributed by atoms with Crippen LogP contribution in [0.15, 0.2) is 53.7 Å². The second-order valence-electron chi connectivity index (χ2n) is 6.78. The highest BCUT2D eigenvalue weighted by Crippen LogP contribution is 2.28. The molecule has 0 aliphatic heterocycles. The maximum Gasteiger partial charge on any atom is 0.248 e. The molecule has 3 N–H and O–H groups in total. The molecule has 3 rings (SSSR count). The molecule has 0 saturated carbocycles. The molecule has 0 radical (unpaired) electrons. The number of hydrogen-bond donors (Lipinski definition) is 2. The Morgan fingerprint density at radius 2 is 1.77 bits per heavy atom. The van der Waals surface area contributed by atoms with Crippen LogP contribution in [0.25, 0.3) is 11.4 Å². The molecule has 9 heteroatoms. The molecule has 0 unspecified atom stereocenters. The van der Waals surface area contributed by atoms with E-state index in [1.54, 1.807) is 31.4 Å². The molecule has 0 atom stereocenters. The van der Waals surface area contributed by atoms with E-state index in [2.05, 4.69) is 15.5 Å². The number of ether oxygens (including phenoxy) is 1. The Hall–Kier alpha value is -3.33. The van der Waals surface area contributed by atoms with Crippen LogP contribution in [0.3, 0.4) is 0 Å². The number of anilines is 1. The van der Waals surface area contributed by atoms with Gasteiger partial charge in [-0.2, -0.15) is 0 Å². The van der Waals surface area contributed by atoms with Crippen molar-refractivity contribution >= 4 is 29.3 Å². The standard InChI is InChI=1S/C21H23N5O3S/c1-13(2)26-20(15-6-10-17(29-3)11-7-15)24-25-21(26)30-12-18(27)23-16-8-4-14(5-9-16)19(22)28/h4-11,13H,12H2,1-3H3,(H2,22,28)(H,23,27). The Balaban J connectivity index is 1.69. The van der Waals surface area contributed by atoms with Crippen LogP contribution in [0.4, 0.5) is 5.69 Å². The molecule has 0 bridgehead atoms. The summed E-state index contributed by atoms with van der Waals surface area (Å²) in [6.07, 6.45) is 0. The van der Waals surface area contributed by atoms with Gasteiger partial charge in [-0.25, -0.2) is 0 Å². The van der Waals surface area contributed by atoms with Crippen molar-refractivity contribution in [2.75, 3.05) is 18.2 Å². The van der Waals surface area contributed by atoms with E-state index in [9.17, 15) is 9.59 Å². The second-order valence-corrected chi connectivity index (χ2v) is 7.72. The van der Waals surface area contributed by atoms with Gasteiger partial charge in [-0.1, -0.05) is 11.8 Å². The quantitative estimate of drug-likeness (QED) is 0.535. The minimum Gasteiger partial charge on any atom is -0.497 e. The minimum atomic E-state index is -0.510. The van der Waals surface area contributed by atoms with Crippen molar-refractivity contribution in [1.82, 2.24) is 14.8 Å². The molecule has 1 aromatic heterocycles. The first-order chi connectivity index (χ1) is 14.4. The average Bonchev–Trinajstić information content (AvgIpc) is 3.17. The molecule has 0 saturated heterocycles. The first-order valence-electron chi connectivity index (χ1n) is 9.31. The van der Waals surface area contributed by atoms with Crippen molar-refractivity contribution in [2.24, 2.45) is 5.73 Å². The Bertz CT molecular complexity index is 1030. The number of aromatic nitrogens is 3. The predicted molar refractivity (Wildman–Crippen MR) is 117 cm³/mol. The zero-order chi connectivity index (χ0) is 21.7. The van der Waals surface area contributed by atoms with Crippen molar-refractivity contribution in [3.63, 3.8) is 0 Å². The van der Waals surface area contributed by atoms with Crippen molar-refractivity contribution in [1.29, 1.82) is 0 Å². The molecule has 2 aromatic carbocycles. The molecule has 0 aliphatic rings. The summed E-state index contributed by atoms with van der Waals surface area (Å²) in [6.45, 7) is 4.08. The molecule has 3 aromatic rings. The van der Waals surface area contributed by atoms with Crippen LogP contribution in [0.2, 0.25) is 0 Å². The smallest absolute Gasteiger partial charge is 0.248 e. The zero-order valence-electron chi connectivity index (χ0n) is 17.0. The fraction of sp³-hybridized carbons (Fsp3) is 0.238. The fourth-order valence-electron chi connectivity index (χ4n) is 2.82. The molecule has 1 heterocycles. The van der Waals surface area contributed by atoms with Gasteiger partial charge in [0.15, 0.2) is 11.0 Å². The van der Waals surface area contributed by atoms with Crippen molar-refractivity contribution < 1.29 is 14.3 Å². The van der Waals surface area contributed by atoms with Gasteiger partial charge in [-0.05, 0) is 62.4 Å². The van der Waals surface area contributed by atoms with E-state index in [4.69, 9.17) is 10.5 Å². The lowest BCUT2D eigenvalue weighted by atomic mass is 10.2. The van der Waals surface area contributed by atoms with E-state index in [0.29, 0.717) is 16.4 Å². The summed E-state index contributed by atoms with van der Waals surface area (Å²) in [6, 6.07) is 14.1. The summed E-state index contributed by atoms with van der Waals surface area (Å²) in [7, 11) is 1.62. The molecular weight excluding hydrogens is 402 g/mol. The highest BCUT2D eigenvalue weighted by molar-refractivity contribution is 7.99. The number of amides is 2. The summed E-state index contributed by atoms with van der Waals surface area (Å²) < 4.78 is 7.21. The van der Waals surface area contributed by atoms with Gasteiger partial charge in [0.2, 0.25) is 11.8 Å². The minimum absolute atomic E-state index is 0.115. The number of nitrogens with zero attached hydrogens (tertiary/aromatic N) is 3. The lowest BCUT2D eigenvalue weighted by molar-refractivity contribution is -0.113. The first-order valence-corrected chi connectivity index (χ1v) is 10.3. The monoisotopic (exact) mass is 425 g/mol. The number of benzene rings is 2. The van der Waals surface area contributed by atoms with Crippen molar-refractivity contribution in [3.8, 4) is 17.1 Å². The summed E-state index contributed by atoms with van der Waals surface area (Å²) in [4.78, 5) is 23.5.